The Labute approximate surface area is 168 Å². The molecule has 2 fully saturated rings. The second kappa shape index (κ2) is 7.81. The van der Waals surface area contributed by atoms with Crippen molar-refractivity contribution in [2.24, 2.45) is 0 Å². The third-order valence-corrected chi connectivity index (χ3v) is 7.42. The highest BCUT2D eigenvalue weighted by molar-refractivity contribution is 8.12. The van der Waals surface area contributed by atoms with Gasteiger partial charge < -0.3 is 9.41 Å². The van der Waals surface area contributed by atoms with E-state index < -0.39 is 19.4 Å². The van der Waals surface area contributed by atoms with Crippen LogP contribution >= 0.6 is 16.7 Å². The van der Waals surface area contributed by atoms with E-state index in [1.165, 1.54) is 0 Å². The maximum atomic E-state index is 13.3. The summed E-state index contributed by atoms with van der Waals surface area (Å²) in [5.41, 5.74) is 1.19. The summed E-state index contributed by atoms with van der Waals surface area (Å²) in [4.78, 5) is 27.9. The number of likely N-dealkylation sites (tertiary alicyclic amines) is 1. The van der Waals surface area contributed by atoms with Crippen molar-refractivity contribution in [3.05, 3.63) is 71.8 Å². The third kappa shape index (κ3) is 3.11. The first-order valence-corrected chi connectivity index (χ1v) is 12.8. The molecule has 146 valence electrons. The zero-order chi connectivity index (χ0) is 19.7. The number of nitrogens with zero attached hydrogens (tertiary/aromatic N) is 2. The molecule has 0 radical (unpaired) electrons. The van der Waals surface area contributed by atoms with Crippen LogP contribution in [-0.4, -0.2) is 40.3 Å². The Balaban J connectivity index is 1.60. The molecule has 4 unspecified atom stereocenters. The number of benzene rings is 2. The largest absolute Gasteiger partial charge is 0.445 e. The quantitative estimate of drug-likeness (QED) is 0.545. The topological polar surface area (TPSA) is 49.9 Å². The fraction of sp³-hybridized carbons (Fsp3) is 0.333. The molecular formula is C21H24N2O3P2. The molecule has 2 amide bonds. The van der Waals surface area contributed by atoms with E-state index in [0.717, 1.165) is 17.5 Å². The molecule has 7 heteroatoms. The lowest BCUT2D eigenvalue weighted by Crippen LogP contribution is -2.72. The highest BCUT2D eigenvalue weighted by Crippen LogP contribution is 2.63. The van der Waals surface area contributed by atoms with E-state index in [1.807, 2.05) is 72.0 Å². The molecule has 0 N–H and O–H groups in total. The minimum Gasteiger partial charge on any atom is -0.445 e. The van der Waals surface area contributed by atoms with E-state index in [1.54, 1.807) is 4.90 Å². The van der Waals surface area contributed by atoms with Crippen LogP contribution in [0.4, 0.5) is 4.79 Å². The molecule has 2 aromatic rings. The third-order valence-electron chi connectivity index (χ3n) is 5.58. The monoisotopic (exact) mass is 414 g/mol. The van der Waals surface area contributed by atoms with Crippen molar-refractivity contribution >= 4 is 28.7 Å². The van der Waals surface area contributed by atoms with Gasteiger partial charge in [-0.05, 0) is 30.6 Å². The number of carbonyl (C=O) groups excluding carboxylic acids is 2. The van der Waals surface area contributed by atoms with Crippen LogP contribution in [0, 0.1) is 0 Å². The molecule has 28 heavy (non-hydrogen) atoms. The molecule has 2 aliphatic rings. The molecule has 2 heterocycles. The molecule has 0 saturated carbocycles. The minimum atomic E-state index is -0.817. The van der Waals surface area contributed by atoms with Crippen molar-refractivity contribution in [2.45, 2.75) is 31.0 Å². The van der Waals surface area contributed by atoms with Crippen LogP contribution in [0.2, 0.25) is 0 Å². The number of hydrogen-bond donors (Lipinski definition) is 0. The first kappa shape index (κ1) is 19.4. The SMILES string of the molecule is CP(P)N1C(=O)C2(CCCN2C(=O)OCc2ccccc2)C1c1ccccc1. The maximum Gasteiger partial charge on any atom is 0.411 e. The van der Waals surface area contributed by atoms with E-state index in [9.17, 15) is 9.59 Å². The second-order valence-corrected chi connectivity index (χ2v) is 11.1. The average molecular weight is 414 g/mol. The van der Waals surface area contributed by atoms with E-state index in [-0.39, 0.29) is 18.6 Å². The number of β-lactam (4-membered cyclic amide) rings is 1. The van der Waals surface area contributed by atoms with Gasteiger partial charge in [-0.3, -0.25) is 9.69 Å². The summed E-state index contributed by atoms with van der Waals surface area (Å²) in [7, 11) is 2.08. The number of rotatable bonds is 4. The van der Waals surface area contributed by atoms with Crippen LogP contribution in [0.5, 0.6) is 0 Å². The molecule has 0 aromatic heterocycles. The number of carbonyl (C=O) groups is 2. The molecule has 2 aromatic carbocycles. The normalized spacial score (nSPS) is 24.9. The number of hydrogen-bond acceptors (Lipinski definition) is 3. The van der Waals surface area contributed by atoms with Crippen molar-refractivity contribution in [2.75, 3.05) is 13.2 Å². The Bertz CT molecular complexity index is 862. The predicted molar refractivity (Wildman–Crippen MR) is 114 cm³/mol. The molecule has 2 saturated heterocycles. The Hall–Kier alpha value is -1.96. The molecule has 1 spiro atoms. The van der Waals surface area contributed by atoms with Crippen LogP contribution in [0.15, 0.2) is 60.7 Å². The number of amides is 2. The second-order valence-electron chi connectivity index (χ2n) is 7.26. The summed E-state index contributed by atoms with van der Waals surface area (Å²) in [6.45, 7) is 2.81. The molecule has 0 bridgehead atoms. The summed E-state index contributed by atoms with van der Waals surface area (Å²) in [5.74, 6) is 0.0409. The molecule has 4 atom stereocenters. The zero-order valence-electron chi connectivity index (χ0n) is 15.8. The maximum absolute atomic E-state index is 13.3. The fourth-order valence-corrected chi connectivity index (χ4v) is 6.21. The summed E-state index contributed by atoms with van der Waals surface area (Å²) in [6.07, 6.45) is 1.08. The van der Waals surface area contributed by atoms with Crippen LogP contribution < -0.4 is 0 Å². The van der Waals surface area contributed by atoms with E-state index in [4.69, 9.17) is 4.74 Å². The molecule has 0 aliphatic carbocycles. The highest BCUT2D eigenvalue weighted by Gasteiger charge is 2.68. The average Bonchev–Trinajstić information content (AvgIpc) is 3.18. The van der Waals surface area contributed by atoms with Gasteiger partial charge in [-0.25, -0.2) is 4.79 Å². The Kier molecular flexibility index (Phi) is 5.40. The standard InChI is InChI=1S/C21H24N2O3P2/c1-28(27)23-18(17-11-6-3-7-12-17)21(19(23)24)13-8-14-22(21)20(25)26-15-16-9-4-2-5-10-16/h2-7,9-12,18H,8,13-15,27H2,1H3. The van der Waals surface area contributed by atoms with Gasteiger partial charge in [0.15, 0.2) is 0 Å². The van der Waals surface area contributed by atoms with Crippen LogP contribution in [0.3, 0.4) is 0 Å². The first-order chi connectivity index (χ1) is 13.6. The Morgan fingerprint density at radius 1 is 1.18 bits per heavy atom. The van der Waals surface area contributed by atoms with E-state index in [0.29, 0.717) is 13.0 Å². The lowest BCUT2D eigenvalue weighted by Gasteiger charge is -2.58. The Morgan fingerprint density at radius 2 is 1.82 bits per heavy atom. The van der Waals surface area contributed by atoms with Crippen LogP contribution in [0.1, 0.15) is 30.0 Å². The summed E-state index contributed by atoms with van der Waals surface area (Å²) >= 11 is 0. The first-order valence-electron chi connectivity index (χ1n) is 9.41. The predicted octanol–water partition coefficient (Wildman–Crippen LogP) is 4.56. The summed E-state index contributed by atoms with van der Waals surface area (Å²) in [6, 6.07) is 19.5. The molecular weight excluding hydrogens is 390 g/mol. The van der Waals surface area contributed by atoms with Gasteiger partial charge >= 0.3 is 6.09 Å². The molecule has 5 nitrogen and oxygen atoms in total. The van der Waals surface area contributed by atoms with Crippen molar-refractivity contribution < 1.29 is 14.3 Å². The Morgan fingerprint density at radius 3 is 2.46 bits per heavy atom. The highest BCUT2D eigenvalue weighted by atomic mass is 32.0. The lowest BCUT2D eigenvalue weighted by molar-refractivity contribution is -0.160. The fourth-order valence-electron chi connectivity index (χ4n) is 4.35. The van der Waals surface area contributed by atoms with Crippen molar-refractivity contribution in [1.82, 2.24) is 9.57 Å². The minimum absolute atomic E-state index is 0.0409. The smallest absolute Gasteiger partial charge is 0.411 e. The summed E-state index contributed by atoms with van der Waals surface area (Å²) in [5, 5.41) is 0. The van der Waals surface area contributed by atoms with Gasteiger partial charge in [-0.1, -0.05) is 69.6 Å². The summed E-state index contributed by atoms with van der Waals surface area (Å²) < 4.78 is 7.52. The lowest BCUT2D eigenvalue weighted by atomic mass is 9.75. The molecule has 2 aliphatic heterocycles. The van der Waals surface area contributed by atoms with E-state index in [2.05, 4.69) is 8.93 Å². The zero-order valence-corrected chi connectivity index (χ0v) is 17.9. The number of ether oxygens (including phenoxy) is 1. The van der Waals surface area contributed by atoms with Crippen LogP contribution in [0.25, 0.3) is 0 Å². The van der Waals surface area contributed by atoms with Gasteiger partial charge in [0.05, 0.1) is 6.04 Å². The van der Waals surface area contributed by atoms with Gasteiger partial charge in [0, 0.05) is 14.3 Å². The molecule has 4 rings (SSSR count). The van der Waals surface area contributed by atoms with Gasteiger partial charge in [-0.15, -0.1) is 0 Å². The van der Waals surface area contributed by atoms with Gasteiger partial charge in [0.2, 0.25) is 0 Å². The van der Waals surface area contributed by atoms with Crippen molar-refractivity contribution in [3.8, 4) is 0 Å². The van der Waals surface area contributed by atoms with Crippen LogP contribution in [-0.2, 0) is 16.1 Å². The van der Waals surface area contributed by atoms with Gasteiger partial charge in [0.25, 0.3) is 5.91 Å². The van der Waals surface area contributed by atoms with Gasteiger partial charge in [-0.2, -0.15) is 0 Å². The van der Waals surface area contributed by atoms with Crippen molar-refractivity contribution in [3.63, 3.8) is 0 Å². The van der Waals surface area contributed by atoms with Gasteiger partial charge in [0.1, 0.15) is 12.1 Å². The van der Waals surface area contributed by atoms with E-state index >= 15 is 0 Å². The van der Waals surface area contributed by atoms with Crippen molar-refractivity contribution in [1.29, 1.82) is 0 Å².